The lowest BCUT2D eigenvalue weighted by molar-refractivity contribution is -0.138. The standard InChI is InChI=1S/C14H18BrNO4/c1-9-3-4-12(11(15)5-9)20-8-13(17)16-7-10(2)6-14(18)19/h3-5,10H,6-8H2,1-2H3,(H,16,17)(H,18,19). The Morgan fingerprint density at radius 2 is 2.15 bits per heavy atom. The second-order valence-corrected chi connectivity index (χ2v) is 5.58. The number of halogens is 1. The van der Waals surface area contributed by atoms with Crippen LogP contribution in [0.3, 0.4) is 0 Å². The lowest BCUT2D eigenvalue weighted by Crippen LogP contribution is -2.33. The Kier molecular flexibility index (Phi) is 6.51. The molecule has 0 bridgehead atoms. The number of carbonyl (C=O) groups is 2. The van der Waals surface area contributed by atoms with Crippen molar-refractivity contribution in [3.8, 4) is 5.75 Å². The Labute approximate surface area is 126 Å². The smallest absolute Gasteiger partial charge is 0.303 e. The van der Waals surface area contributed by atoms with Gasteiger partial charge in [-0.3, -0.25) is 9.59 Å². The molecule has 1 aromatic carbocycles. The Balaban J connectivity index is 2.34. The van der Waals surface area contributed by atoms with Crippen LogP contribution in [0.5, 0.6) is 5.75 Å². The predicted octanol–water partition coefficient (Wildman–Crippen LogP) is 2.36. The molecule has 0 aliphatic carbocycles. The van der Waals surface area contributed by atoms with Gasteiger partial charge >= 0.3 is 5.97 Å². The minimum absolute atomic E-state index is 0.0324. The molecule has 5 nitrogen and oxygen atoms in total. The van der Waals surface area contributed by atoms with Gasteiger partial charge in [-0.1, -0.05) is 13.0 Å². The topological polar surface area (TPSA) is 75.6 Å². The molecule has 20 heavy (non-hydrogen) atoms. The number of benzene rings is 1. The van der Waals surface area contributed by atoms with Crippen LogP contribution in [0.25, 0.3) is 0 Å². The first-order valence-corrected chi connectivity index (χ1v) is 7.05. The van der Waals surface area contributed by atoms with E-state index in [1.54, 1.807) is 13.0 Å². The van der Waals surface area contributed by atoms with Crippen LogP contribution in [0, 0.1) is 12.8 Å². The number of hydrogen-bond donors (Lipinski definition) is 2. The summed E-state index contributed by atoms with van der Waals surface area (Å²) in [5, 5.41) is 11.3. The highest BCUT2D eigenvalue weighted by Crippen LogP contribution is 2.25. The third-order valence-electron chi connectivity index (χ3n) is 2.62. The number of aliphatic carboxylic acids is 1. The van der Waals surface area contributed by atoms with Gasteiger partial charge < -0.3 is 15.2 Å². The monoisotopic (exact) mass is 343 g/mol. The molecule has 1 aromatic rings. The van der Waals surface area contributed by atoms with E-state index in [0.717, 1.165) is 10.0 Å². The molecular weight excluding hydrogens is 326 g/mol. The van der Waals surface area contributed by atoms with Crippen molar-refractivity contribution in [2.75, 3.05) is 13.2 Å². The highest BCUT2D eigenvalue weighted by atomic mass is 79.9. The molecule has 0 heterocycles. The van der Waals surface area contributed by atoms with E-state index in [-0.39, 0.29) is 24.9 Å². The average Bonchev–Trinajstić information content (AvgIpc) is 2.34. The van der Waals surface area contributed by atoms with E-state index < -0.39 is 5.97 Å². The molecule has 0 saturated heterocycles. The largest absolute Gasteiger partial charge is 0.483 e. The van der Waals surface area contributed by atoms with E-state index in [1.165, 1.54) is 0 Å². The molecule has 2 N–H and O–H groups in total. The molecule has 110 valence electrons. The van der Waals surface area contributed by atoms with Crippen molar-refractivity contribution in [3.05, 3.63) is 28.2 Å². The average molecular weight is 344 g/mol. The summed E-state index contributed by atoms with van der Waals surface area (Å²) in [5.41, 5.74) is 1.09. The second kappa shape index (κ2) is 7.89. The molecule has 6 heteroatoms. The summed E-state index contributed by atoms with van der Waals surface area (Å²) in [5.74, 6) is -0.645. The maximum atomic E-state index is 11.6. The summed E-state index contributed by atoms with van der Waals surface area (Å²) in [7, 11) is 0. The zero-order chi connectivity index (χ0) is 15.1. The van der Waals surface area contributed by atoms with Crippen molar-refractivity contribution < 1.29 is 19.4 Å². The van der Waals surface area contributed by atoms with E-state index in [0.29, 0.717) is 12.3 Å². The molecule has 0 fully saturated rings. The van der Waals surface area contributed by atoms with Crippen LogP contribution in [0.4, 0.5) is 0 Å². The SMILES string of the molecule is Cc1ccc(OCC(=O)NCC(C)CC(=O)O)c(Br)c1. The second-order valence-electron chi connectivity index (χ2n) is 4.73. The molecule has 0 aromatic heterocycles. The summed E-state index contributed by atoms with van der Waals surface area (Å²) in [4.78, 5) is 22.1. The third kappa shape index (κ3) is 6.06. The fraction of sp³-hybridized carbons (Fsp3) is 0.429. The number of carboxylic acids is 1. The minimum Gasteiger partial charge on any atom is -0.483 e. The van der Waals surface area contributed by atoms with Gasteiger partial charge in [0.15, 0.2) is 6.61 Å². The first kappa shape index (κ1) is 16.5. The Morgan fingerprint density at radius 3 is 2.75 bits per heavy atom. The van der Waals surface area contributed by atoms with Gasteiger partial charge in [0.25, 0.3) is 5.91 Å². The summed E-state index contributed by atoms with van der Waals surface area (Å²) in [6.45, 7) is 3.96. The van der Waals surface area contributed by atoms with Crippen molar-refractivity contribution in [1.82, 2.24) is 5.32 Å². The van der Waals surface area contributed by atoms with Crippen molar-refractivity contribution in [2.24, 2.45) is 5.92 Å². The van der Waals surface area contributed by atoms with Crippen molar-refractivity contribution in [1.29, 1.82) is 0 Å². The lowest BCUT2D eigenvalue weighted by Gasteiger charge is -2.12. The Bertz CT molecular complexity index is 490. The first-order chi connectivity index (χ1) is 9.38. The minimum atomic E-state index is -0.869. The van der Waals surface area contributed by atoms with Crippen LogP contribution < -0.4 is 10.1 Å². The zero-order valence-corrected chi connectivity index (χ0v) is 13.1. The number of rotatable bonds is 7. The molecule has 0 radical (unpaired) electrons. The maximum absolute atomic E-state index is 11.6. The first-order valence-electron chi connectivity index (χ1n) is 6.26. The van der Waals surface area contributed by atoms with Gasteiger partial charge in [-0.15, -0.1) is 0 Å². The van der Waals surface area contributed by atoms with Crippen LogP contribution in [0.15, 0.2) is 22.7 Å². The van der Waals surface area contributed by atoms with Gasteiger partial charge in [-0.25, -0.2) is 0 Å². The van der Waals surface area contributed by atoms with E-state index in [2.05, 4.69) is 21.2 Å². The van der Waals surface area contributed by atoms with Crippen molar-refractivity contribution >= 4 is 27.8 Å². The predicted molar refractivity (Wildman–Crippen MR) is 78.8 cm³/mol. The van der Waals surface area contributed by atoms with Gasteiger partial charge in [0.1, 0.15) is 5.75 Å². The number of carboxylic acid groups (broad SMARTS) is 1. The zero-order valence-electron chi connectivity index (χ0n) is 11.5. The van der Waals surface area contributed by atoms with Crippen LogP contribution >= 0.6 is 15.9 Å². The number of aryl methyl sites for hydroxylation is 1. The quantitative estimate of drug-likeness (QED) is 0.796. The normalized spacial score (nSPS) is 11.8. The summed E-state index contributed by atoms with van der Waals surface area (Å²) < 4.78 is 6.19. The van der Waals surface area contributed by atoms with Crippen LogP contribution in [-0.2, 0) is 9.59 Å². The van der Waals surface area contributed by atoms with Gasteiger partial charge in [0, 0.05) is 13.0 Å². The van der Waals surface area contributed by atoms with Gasteiger partial charge in [0.05, 0.1) is 4.47 Å². The van der Waals surface area contributed by atoms with Gasteiger partial charge in [0.2, 0.25) is 0 Å². The summed E-state index contributed by atoms with van der Waals surface area (Å²) in [6.07, 6.45) is 0.0324. The molecule has 1 amide bonds. The molecule has 0 aliphatic heterocycles. The molecule has 1 atom stereocenters. The van der Waals surface area contributed by atoms with E-state index in [9.17, 15) is 9.59 Å². The fourth-order valence-electron chi connectivity index (χ4n) is 1.58. The molecule has 0 saturated carbocycles. The molecule has 0 spiro atoms. The van der Waals surface area contributed by atoms with Crippen LogP contribution in [-0.4, -0.2) is 30.1 Å². The number of carbonyl (C=O) groups excluding carboxylic acids is 1. The number of hydrogen-bond acceptors (Lipinski definition) is 3. The van der Waals surface area contributed by atoms with Gasteiger partial charge in [-0.2, -0.15) is 0 Å². The Hall–Kier alpha value is -1.56. The van der Waals surface area contributed by atoms with Crippen molar-refractivity contribution in [2.45, 2.75) is 20.3 Å². The molecule has 1 unspecified atom stereocenters. The maximum Gasteiger partial charge on any atom is 0.303 e. The van der Waals surface area contributed by atoms with E-state index >= 15 is 0 Å². The van der Waals surface area contributed by atoms with Crippen molar-refractivity contribution in [3.63, 3.8) is 0 Å². The highest BCUT2D eigenvalue weighted by Gasteiger charge is 2.10. The number of ether oxygens (including phenoxy) is 1. The molecular formula is C14H18BrNO4. The summed E-state index contributed by atoms with van der Waals surface area (Å²) in [6, 6.07) is 5.59. The van der Waals surface area contributed by atoms with Gasteiger partial charge in [-0.05, 0) is 46.5 Å². The summed E-state index contributed by atoms with van der Waals surface area (Å²) >= 11 is 3.36. The Morgan fingerprint density at radius 1 is 1.45 bits per heavy atom. The highest BCUT2D eigenvalue weighted by molar-refractivity contribution is 9.10. The third-order valence-corrected chi connectivity index (χ3v) is 3.24. The molecule has 0 aliphatic rings. The lowest BCUT2D eigenvalue weighted by atomic mass is 10.1. The number of amides is 1. The van der Waals surface area contributed by atoms with E-state index in [1.807, 2.05) is 19.1 Å². The van der Waals surface area contributed by atoms with Crippen LogP contribution in [0.2, 0.25) is 0 Å². The fourth-order valence-corrected chi connectivity index (χ4v) is 2.18. The van der Waals surface area contributed by atoms with E-state index in [4.69, 9.17) is 9.84 Å². The number of nitrogens with one attached hydrogen (secondary N) is 1. The van der Waals surface area contributed by atoms with Crippen LogP contribution in [0.1, 0.15) is 18.9 Å². The molecule has 1 rings (SSSR count).